The molecule has 1 aliphatic carbocycles. The minimum Gasteiger partial charge on any atom is -0.478 e. The average molecular weight is 464 g/mol. The molecule has 0 spiro atoms. The molecule has 2 N–H and O–H groups in total. The lowest BCUT2D eigenvalue weighted by Gasteiger charge is -2.30. The van der Waals surface area contributed by atoms with Gasteiger partial charge in [-0.15, -0.1) is 0 Å². The summed E-state index contributed by atoms with van der Waals surface area (Å²) in [6, 6.07) is 14.0. The maximum absolute atomic E-state index is 15.4. The van der Waals surface area contributed by atoms with Gasteiger partial charge < -0.3 is 19.9 Å². The topological polar surface area (TPSA) is 57.5 Å². The first-order chi connectivity index (χ1) is 16.4. The van der Waals surface area contributed by atoms with Crippen LogP contribution in [0.15, 0.2) is 42.5 Å². The maximum atomic E-state index is 15.4. The second-order valence-electron chi connectivity index (χ2n) is 10.1. The van der Waals surface area contributed by atoms with Crippen molar-refractivity contribution in [3.63, 3.8) is 0 Å². The number of carbonyl (C=O) groups is 1. The zero-order valence-corrected chi connectivity index (χ0v) is 20.1. The third-order valence-electron chi connectivity index (χ3n) is 7.57. The van der Waals surface area contributed by atoms with Gasteiger partial charge in [-0.25, -0.2) is 9.18 Å². The minimum atomic E-state index is -0.934. The van der Waals surface area contributed by atoms with Crippen LogP contribution in [0, 0.1) is 0 Å². The summed E-state index contributed by atoms with van der Waals surface area (Å²) in [7, 11) is 4.18. The molecule has 0 bridgehead atoms. The Morgan fingerprint density at radius 3 is 2.71 bits per heavy atom. The van der Waals surface area contributed by atoms with Crippen LogP contribution in [0.2, 0.25) is 0 Å². The zero-order valence-electron chi connectivity index (χ0n) is 20.1. The number of para-hydroxylation sites is 1. The SMILES string of the molecule is CN(C)CCC1CCn2c(c(C3CCCC[C@@H]3F)c3ccc(C(=O)O)cc32)-c2ccccc2N1. The maximum Gasteiger partial charge on any atom is 0.335 e. The van der Waals surface area contributed by atoms with E-state index in [0.29, 0.717) is 12.5 Å². The zero-order chi connectivity index (χ0) is 23.8. The van der Waals surface area contributed by atoms with Crippen molar-refractivity contribution in [3.8, 4) is 11.3 Å². The van der Waals surface area contributed by atoms with Crippen molar-refractivity contribution in [2.24, 2.45) is 0 Å². The Morgan fingerprint density at radius 1 is 1.15 bits per heavy atom. The van der Waals surface area contributed by atoms with E-state index in [1.54, 1.807) is 12.1 Å². The van der Waals surface area contributed by atoms with Crippen LogP contribution in [0.3, 0.4) is 0 Å². The van der Waals surface area contributed by atoms with Gasteiger partial charge in [-0.2, -0.15) is 0 Å². The molecule has 180 valence electrons. The lowest BCUT2D eigenvalue weighted by atomic mass is 9.80. The highest BCUT2D eigenvalue weighted by Gasteiger charge is 2.34. The number of fused-ring (bicyclic) bond motifs is 5. The Labute approximate surface area is 200 Å². The van der Waals surface area contributed by atoms with E-state index in [9.17, 15) is 9.90 Å². The average Bonchev–Trinajstić information content (AvgIpc) is 3.12. The largest absolute Gasteiger partial charge is 0.478 e. The molecule has 0 saturated heterocycles. The predicted octanol–water partition coefficient (Wildman–Crippen LogP) is 6.14. The number of rotatable bonds is 5. The summed E-state index contributed by atoms with van der Waals surface area (Å²) in [5.74, 6) is -1.10. The molecule has 3 aromatic rings. The van der Waals surface area contributed by atoms with E-state index in [-0.39, 0.29) is 11.5 Å². The summed E-state index contributed by atoms with van der Waals surface area (Å²) >= 11 is 0. The van der Waals surface area contributed by atoms with Gasteiger partial charge in [0.1, 0.15) is 6.17 Å². The normalized spacial score (nSPS) is 22.5. The number of anilines is 1. The number of aromatic carboxylic acids is 1. The Morgan fingerprint density at radius 2 is 1.94 bits per heavy atom. The molecule has 2 unspecified atom stereocenters. The van der Waals surface area contributed by atoms with Crippen LogP contribution in [0.5, 0.6) is 0 Å². The fraction of sp³-hybridized carbons (Fsp3) is 0.464. The monoisotopic (exact) mass is 463 g/mol. The smallest absolute Gasteiger partial charge is 0.335 e. The van der Waals surface area contributed by atoms with Crippen LogP contribution in [0.1, 0.15) is 60.4 Å². The van der Waals surface area contributed by atoms with Crippen LogP contribution in [-0.2, 0) is 6.54 Å². The van der Waals surface area contributed by atoms with E-state index < -0.39 is 12.1 Å². The van der Waals surface area contributed by atoms with Crippen molar-refractivity contribution in [2.75, 3.05) is 26.0 Å². The molecular weight excluding hydrogens is 429 g/mol. The van der Waals surface area contributed by atoms with Crippen molar-refractivity contribution in [3.05, 3.63) is 53.6 Å². The Kier molecular flexibility index (Phi) is 6.34. The first-order valence-corrected chi connectivity index (χ1v) is 12.5. The second kappa shape index (κ2) is 9.41. The third-order valence-corrected chi connectivity index (χ3v) is 7.57. The molecule has 3 atom stereocenters. The molecule has 2 aromatic carbocycles. The fourth-order valence-electron chi connectivity index (χ4n) is 5.84. The minimum absolute atomic E-state index is 0.166. The van der Waals surface area contributed by atoms with Crippen molar-refractivity contribution < 1.29 is 14.3 Å². The van der Waals surface area contributed by atoms with Crippen LogP contribution in [0.4, 0.5) is 10.1 Å². The first kappa shape index (κ1) is 22.9. The molecule has 1 fully saturated rings. The molecule has 0 amide bonds. The quantitative estimate of drug-likeness (QED) is 0.477. The molecule has 2 heterocycles. The Hall–Kier alpha value is -2.86. The van der Waals surface area contributed by atoms with Gasteiger partial charge in [-0.3, -0.25) is 0 Å². The second-order valence-corrected chi connectivity index (χ2v) is 10.1. The fourth-order valence-corrected chi connectivity index (χ4v) is 5.84. The van der Waals surface area contributed by atoms with E-state index >= 15 is 4.39 Å². The highest BCUT2D eigenvalue weighted by atomic mass is 19.1. The van der Waals surface area contributed by atoms with Gasteiger partial charge in [0.15, 0.2) is 0 Å². The number of benzene rings is 2. The highest BCUT2D eigenvalue weighted by molar-refractivity contribution is 5.99. The standard InChI is InChI=1S/C28H34FN3O2/c1-31(2)15-13-19-14-16-32-25-17-18(28(33)34)11-12-22(25)26(20-7-3-5-9-23(20)29)27(32)21-8-4-6-10-24(21)30-19/h4,6,8,10-12,17,19-20,23,30H,3,5,7,9,13-16H2,1-2H3,(H,33,34)/t19?,20?,23-/m0/s1. The van der Waals surface area contributed by atoms with Gasteiger partial charge in [-0.05, 0) is 70.1 Å². The lowest BCUT2D eigenvalue weighted by Crippen LogP contribution is -2.28. The number of aromatic nitrogens is 1. The summed E-state index contributed by atoms with van der Waals surface area (Å²) in [6.07, 6.45) is 4.43. The molecular formula is C28H34FN3O2. The first-order valence-electron chi connectivity index (χ1n) is 12.5. The van der Waals surface area contributed by atoms with Gasteiger partial charge in [0.2, 0.25) is 0 Å². The van der Waals surface area contributed by atoms with Crippen LogP contribution >= 0.6 is 0 Å². The Bertz CT molecular complexity index is 1200. The number of carboxylic acid groups (broad SMARTS) is 1. The van der Waals surface area contributed by atoms with Gasteiger partial charge >= 0.3 is 5.97 Å². The lowest BCUT2D eigenvalue weighted by molar-refractivity contribution is 0.0697. The van der Waals surface area contributed by atoms with Gasteiger partial charge in [-0.1, -0.05) is 37.1 Å². The number of nitrogens with zero attached hydrogens (tertiary/aromatic N) is 2. The predicted molar refractivity (Wildman–Crippen MR) is 136 cm³/mol. The molecule has 2 aliphatic rings. The van der Waals surface area contributed by atoms with E-state index in [1.807, 2.05) is 18.2 Å². The van der Waals surface area contributed by atoms with E-state index in [2.05, 4.69) is 41.0 Å². The van der Waals surface area contributed by atoms with Crippen LogP contribution in [0.25, 0.3) is 22.2 Å². The molecule has 1 aliphatic heterocycles. The number of halogens is 1. The van der Waals surface area contributed by atoms with Gasteiger partial charge in [0.25, 0.3) is 0 Å². The molecule has 0 radical (unpaired) electrons. The number of hydrogen-bond donors (Lipinski definition) is 2. The summed E-state index contributed by atoms with van der Waals surface area (Å²) < 4.78 is 17.7. The molecule has 34 heavy (non-hydrogen) atoms. The highest BCUT2D eigenvalue weighted by Crippen LogP contribution is 2.47. The molecule has 6 heteroatoms. The summed E-state index contributed by atoms with van der Waals surface area (Å²) in [5.41, 5.74) is 5.45. The number of alkyl halides is 1. The third kappa shape index (κ3) is 4.20. The Balaban J connectivity index is 1.73. The van der Waals surface area contributed by atoms with Crippen molar-refractivity contribution in [1.82, 2.24) is 9.47 Å². The summed E-state index contributed by atoms with van der Waals surface area (Å²) in [6.45, 7) is 1.75. The summed E-state index contributed by atoms with van der Waals surface area (Å²) in [5, 5.41) is 14.5. The number of nitrogens with one attached hydrogen (secondary N) is 1. The van der Waals surface area contributed by atoms with Crippen molar-refractivity contribution >= 4 is 22.6 Å². The van der Waals surface area contributed by atoms with E-state index in [1.165, 1.54) is 0 Å². The van der Waals surface area contributed by atoms with Crippen LogP contribution < -0.4 is 5.32 Å². The van der Waals surface area contributed by atoms with Crippen molar-refractivity contribution in [2.45, 2.75) is 63.2 Å². The van der Waals surface area contributed by atoms with E-state index in [0.717, 1.165) is 78.6 Å². The molecule has 5 nitrogen and oxygen atoms in total. The molecule has 1 saturated carbocycles. The van der Waals surface area contributed by atoms with Gasteiger partial charge in [0, 0.05) is 40.7 Å². The molecule has 1 aromatic heterocycles. The number of aryl methyl sites for hydroxylation is 1. The van der Waals surface area contributed by atoms with E-state index in [4.69, 9.17) is 0 Å². The van der Waals surface area contributed by atoms with Crippen LogP contribution in [-0.4, -0.2) is 53.4 Å². The number of hydrogen-bond acceptors (Lipinski definition) is 3. The summed E-state index contributed by atoms with van der Waals surface area (Å²) in [4.78, 5) is 14.0. The number of carboxylic acids is 1. The van der Waals surface area contributed by atoms with Crippen molar-refractivity contribution in [1.29, 1.82) is 0 Å². The van der Waals surface area contributed by atoms with Gasteiger partial charge in [0.05, 0.1) is 11.3 Å². The molecule has 5 rings (SSSR count).